The fourth-order valence-electron chi connectivity index (χ4n) is 2.44. The first-order valence-corrected chi connectivity index (χ1v) is 7.69. The van der Waals surface area contributed by atoms with E-state index < -0.39 is 10.8 Å². The van der Waals surface area contributed by atoms with Gasteiger partial charge in [0.15, 0.2) is 0 Å². The summed E-state index contributed by atoms with van der Waals surface area (Å²) < 4.78 is 0. The molecule has 3 aromatic carbocycles. The number of nitro benzene ring substituents is 1. The normalized spacial score (nSPS) is 10.9. The van der Waals surface area contributed by atoms with Gasteiger partial charge in [-0.1, -0.05) is 48.0 Å². The number of hydrogen-bond donors (Lipinski definition) is 1. The minimum Gasteiger partial charge on any atom is -0.267 e. The second kappa shape index (κ2) is 7.11. The predicted molar refractivity (Wildman–Crippen MR) is 97.1 cm³/mol. The zero-order valence-corrected chi connectivity index (χ0v) is 13.6. The van der Waals surface area contributed by atoms with Crippen LogP contribution in [0.4, 0.5) is 5.69 Å². The van der Waals surface area contributed by atoms with Crippen LogP contribution in [-0.4, -0.2) is 17.0 Å². The molecule has 0 saturated heterocycles. The number of fused-ring (bicyclic) bond motifs is 1. The van der Waals surface area contributed by atoms with Gasteiger partial charge in [-0.2, -0.15) is 5.10 Å². The Bertz CT molecular complexity index is 997. The number of carbonyl (C=O) groups is 1. The molecule has 3 aromatic rings. The first-order valence-electron chi connectivity index (χ1n) is 7.31. The summed E-state index contributed by atoms with van der Waals surface area (Å²) in [5, 5.41) is 16.9. The van der Waals surface area contributed by atoms with Crippen molar-refractivity contribution in [2.45, 2.75) is 0 Å². The van der Waals surface area contributed by atoms with Crippen LogP contribution in [0.25, 0.3) is 10.8 Å². The quantitative estimate of drug-likeness (QED) is 0.434. The number of nitrogens with one attached hydrogen (secondary N) is 1. The van der Waals surface area contributed by atoms with Crippen molar-refractivity contribution in [1.29, 1.82) is 0 Å². The summed E-state index contributed by atoms with van der Waals surface area (Å²) >= 11 is 5.85. The number of nitrogens with zero attached hydrogens (tertiary/aromatic N) is 2. The highest BCUT2D eigenvalue weighted by Gasteiger charge is 2.13. The summed E-state index contributed by atoms with van der Waals surface area (Å²) in [5.74, 6) is -0.405. The Kier molecular flexibility index (Phi) is 4.72. The largest absolute Gasteiger partial charge is 0.278 e. The second-order valence-corrected chi connectivity index (χ2v) is 5.62. The van der Waals surface area contributed by atoms with Gasteiger partial charge in [-0.05, 0) is 29.0 Å². The van der Waals surface area contributed by atoms with Crippen molar-refractivity contribution in [2.24, 2.45) is 5.10 Å². The van der Waals surface area contributed by atoms with Gasteiger partial charge < -0.3 is 0 Å². The Hall–Kier alpha value is -3.25. The summed E-state index contributed by atoms with van der Waals surface area (Å²) in [6, 6.07) is 17.0. The molecule has 3 rings (SSSR count). The van der Waals surface area contributed by atoms with Crippen molar-refractivity contribution in [3.8, 4) is 0 Å². The zero-order valence-electron chi connectivity index (χ0n) is 12.8. The van der Waals surface area contributed by atoms with Crippen LogP contribution in [0, 0.1) is 10.1 Å². The van der Waals surface area contributed by atoms with Crippen LogP contribution in [0.5, 0.6) is 0 Å². The third kappa shape index (κ3) is 3.64. The molecule has 0 aromatic heterocycles. The molecule has 0 radical (unpaired) electrons. The molecule has 0 heterocycles. The molecule has 1 amide bonds. The van der Waals surface area contributed by atoms with Crippen LogP contribution in [0.1, 0.15) is 15.9 Å². The molecular formula is C18H12ClN3O3. The number of amides is 1. The van der Waals surface area contributed by atoms with Gasteiger partial charge in [0.2, 0.25) is 0 Å². The van der Waals surface area contributed by atoms with Gasteiger partial charge in [0, 0.05) is 16.7 Å². The molecular weight excluding hydrogens is 342 g/mol. The molecule has 0 atom stereocenters. The predicted octanol–water partition coefficient (Wildman–Crippen LogP) is 4.17. The molecule has 0 aliphatic carbocycles. The van der Waals surface area contributed by atoms with Gasteiger partial charge >= 0.3 is 0 Å². The van der Waals surface area contributed by atoms with Crippen LogP contribution in [0.2, 0.25) is 5.02 Å². The van der Waals surface area contributed by atoms with E-state index in [9.17, 15) is 14.9 Å². The summed E-state index contributed by atoms with van der Waals surface area (Å²) in [6.07, 6.45) is 1.20. The highest BCUT2D eigenvalue weighted by molar-refractivity contribution is 6.31. The van der Waals surface area contributed by atoms with Crippen LogP contribution in [-0.2, 0) is 0 Å². The van der Waals surface area contributed by atoms with E-state index >= 15 is 0 Å². The minimum atomic E-state index is -0.537. The zero-order chi connectivity index (χ0) is 17.8. The first-order chi connectivity index (χ1) is 12.1. The molecule has 25 heavy (non-hydrogen) atoms. The number of carbonyl (C=O) groups excluding carboxylic acids is 1. The molecule has 0 saturated carbocycles. The van der Waals surface area contributed by atoms with Gasteiger partial charge in [-0.25, -0.2) is 5.43 Å². The third-order valence-electron chi connectivity index (χ3n) is 3.59. The molecule has 0 unspecified atom stereocenters. The lowest BCUT2D eigenvalue weighted by Crippen LogP contribution is -2.18. The van der Waals surface area contributed by atoms with Crippen molar-refractivity contribution < 1.29 is 9.72 Å². The van der Waals surface area contributed by atoms with Gasteiger partial charge in [0.25, 0.3) is 11.6 Å². The Labute approximate surface area is 147 Å². The summed E-state index contributed by atoms with van der Waals surface area (Å²) in [5.41, 5.74) is 2.92. The lowest BCUT2D eigenvalue weighted by Gasteiger charge is -2.04. The first kappa shape index (κ1) is 16.6. The summed E-state index contributed by atoms with van der Waals surface area (Å²) in [7, 11) is 0. The van der Waals surface area contributed by atoms with Crippen LogP contribution >= 0.6 is 11.6 Å². The van der Waals surface area contributed by atoms with E-state index in [2.05, 4.69) is 10.5 Å². The van der Waals surface area contributed by atoms with E-state index in [1.165, 1.54) is 24.4 Å². The fraction of sp³-hybridized carbons (Fsp3) is 0. The maximum absolute atomic E-state index is 12.3. The number of nitro groups is 1. The highest BCUT2D eigenvalue weighted by Crippen LogP contribution is 2.21. The van der Waals surface area contributed by atoms with E-state index in [1.54, 1.807) is 12.1 Å². The number of hydrazone groups is 1. The number of rotatable bonds is 4. The van der Waals surface area contributed by atoms with Gasteiger partial charge in [0.05, 0.1) is 16.7 Å². The second-order valence-electron chi connectivity index (χ2n) is 5.19. The van der Waals surface area contributed by atoms with Crippen molar-refractivity contribution in [3.05, 3.63) is 86.9 Å². The SMILES string of the molecule is O=C(N/N=C\c1cc(Cl)ccc1[N+](=O)[O-])c1cccc2ccccc12. The van der Waals surface area contributed by atoms with E-state index in [4.69, 9.17) is 11.6 Å². The third-order valence-corrected chi connectivity index (χ3v) is 3.83. The highest BCUT2D eigenvalue weighted by atomic mass is 35.5. The Morgan fingerprint density at radius 2 is 1.88 bits per heavy atom. The van der Waals surface area contributed by atoms with E-state index in [-0.39, 0.29) is 11.3 Å². The number of hydrogen-bond acceptors (Lipinski definition) is 4. The van der Waals surface area contributed by atoms with Crippen molar-refractivity contribution in [1.82, 2.24) is 5.43 Å². The maximum atomic E-state index is 12.3. The topological polar surface area (TPSA) is 84.6 Å². The maximum Gasteiger partial charge on any atom is 0.278 e. The Morgan fingerprint density at radius 1 is 1.12 bits per heavy atom. The lowest BCUT2D eigenvalue weighted by atomic mass is 10.0. The number of benzene rings is 3. The standard InChI is InChI=1S/C18H12ClN3O3/c19-14-8-9-17(22(24)25)13(10-14)11-20-21-18(23)16-7-3-5-12-4-1-2-6-15(12)16/h1-11H,(H,21,23)/b20-11-. The molecule has 0 fully saturated rings. The number of halogens is 1. The van der Waals surface area contributed by atoms with E-state index in [1.807, 2.05) is 30.3 Å². The average Bonchev–Trinajstić information content (AvgIpc) is 2.61. The molecule has 0 aliphatic rings. The molecule has 0 spiro atoms. The summed E-state index contributed by atoms with van der Waals surface area (Å²) in [6.45, 7) is 0. The smallest absolute Gasteiger partial charge is 0.267 e. The van der Waals surface area contributed by atoms with Crippen LogP contribution in [0.3, 0.4) is 0 Å². The van der Waals surface area contributed by atoms with E-state index in [0.29, 0.717) is 10.6 Å². The van der Waals surface area contributed by atoms with Crippen LogP contribution < -0.4 is 5.43 Å². The van der Waals surface area contributed by atoms with Gasteiger partial charge in [-0.3, -0.25) is 14.9 Å². The molecule has 6 nitrogen and oxygen atoms in total. The Balaban J connectivity index is 1.84. The van der Waals surface area contributed by atoms with Gasteiger partial charge in [-0.15, -0.1) is 0 Å². The van der Waals surface area contributed by atoms with Crippen molar-refractivity contribution in [2.75, 3.05) is 0 Å². The minimum absolute atomic E-state index is 0.146. The lowest BCUT2D eigenvalue weighted by molar-refractivity contribution is -0.385. The van der Waals surface area contributed by atoms with Crippen molar-refractivity contribution >= 4 is 40.2 Å². The van der Waals surface area contributed by atoms with E-state index in [0.717, 1.165) is 10.8 Å². The molecule has 0 aliphatic heterocycles. The Morgan fingerprint density at radius 3 is 2.68 bits per heavy atom. The van der Waals surface area contributed by atoms with Crippen molar-refractivity contribution in [3.63, 3.8) is 0 Å². The molecule has 1 N–H and O–H groups in total. The van der Waals surface area contributed by atoms with Crippen LogP contribution in [0.15, 0.2) is 65.8 Å². The molecule has 0 bridgehead atoms. The average molecular weight is 354 g/mol. The summed E-state index contributed by atoms with van der Waals surface area (Å²) in [4.78, 5) is 22.8. The van der Waals surface area contributed by atoms with Gasteiger partial charge in [0.1, 0.15) is 0 Å². The molecule has 7 heteroatoms. The monoisotopic (exact) mass is 353 g/mol. The fourth-order valence-corrected chi connectivity index (χ4v) is 2.62. The molecule has 124 valence electrons.